The summed E-state index contributed by atoms with van der Waals surface area (Å²) in [6, 6.07) is 6.79. The van der Waals surface area contributed by atoms with Crippen LogP contribution < -0.4 is 5.32 Å². The highest BCUT2D eigenvalue weighted by molar-refractivity contribution is 7.07. The molecule has 23 heavy (non-hydrogen) atoms. The number of aryl methyl sites for hydroxylation is 1. The Kier molecular flexibility index (Phi) is 5.46. The van der Waals surface area contributed by atoms with E-state index >= 15 is 0 Å². The van der Waals surface area contributed by atoms with E-state index in [0.29, 0.717) is 12.1 Å². The smallest absolute Gasteiger partial charge is 0.285 e. The molecule has 0 bridgehead atoms. The number of thiophene rings is 1. The molecule has 1 aromatic carbocycles. The summed E-state index contributed by atoms with van der Waals surface area (Å²) in [7, 11) is 3.87. The van der Waals surface area contributed by atoms with Gasteiger partial charge in [0.25, 0.3) is 11.6 Å². The number of amides is 1. The normalized spacial score (nSPS) is 12.2. The van der Waals surface area contributed by atoms with E-state index in [1.54, 1.807) is 30.4 Å². The third kappa shape index (κ3) is 3.94. The Morgan fingerprint density at radius 2 is 2.13 bits per heavy atom. The van der Waals surface area contributed by atoms with Gasteiger partial charge in [0.05, 0.1) is 11.0 Å². The van der Waals surface area contributed by atoms with E-state index in [1.165, 1.54) is 6.07 Å². The molecule has 0 fully saturated rings. The SMILES string of the molecule is Cc1cccc(C(=O)NC[C@H](c2ccsc2)N(C)C)c1[N+](=O)[O-]. The van der Waals surface area contributed by atoms with Crippen LogP contribution >= 0.6 is 11.3 Å². The third-order valence-electron chi connectivity index (χ3n) is 3.67. The molecule has 1 atom stereocenters. The molecule has 122 valence electrons. The molecule has 0 aliphatic heterocycles. The summed E-state index contributed by atoms with van der Waals surface area (Å²) >= 11 is 1.60. The number of carbonyl (C=O) groups excluding carboxylic acids is 1. The second kappa shape index (κ2) is 7.34. The first-order valence-corrected chi connectivity index (χ1v) is 8.06. The number of benzene rings is 1. The fourth-order valence-corrected chi connectivity index (χ4v) is 3.14. The monoisotopic (exact) mass is 333 g/mol. The minimum absolute atomic E-state index is 0.0223. The molecule has 2 aromatic rings. The van der Waals surface area contributed by atoms with Gasteiger partial charge in [-0.1, -0.05) is 12.1 Å². The van der Waals surface area contributed by atoms with Crippen molar-refractivity contribution in [1.82, 2.24) is 10.2 Å². The third-order valence-corrected chi connectivity index (χ3v) is 4.37. The molecule has 0 spiro atoms. The summed E-state index contributed by atoms with van der Waals surface area (Å²) in [5, 5.41) is 18.0. The highest BCUT2D eigenvalue weighted by atomic mass is 32.1. The van der Waals surface area contributed by atoms with Crippen molar-refractivity contribution in [2.24, 2.45) is 0 Å². The molecule has 0 unspecified atom stereocenters. The summed E-state index contributed by atoms with van der Waals surface area (Å²) < 4.78 is 0. The molecule has 0 aliphatic rings. The second-order valence-corrected chi connectivity index (χ2v) is 6.25. The van der Waals surface area contributed by atoms with Crippen LogP contribution in [0.5, 0.6) is 0 Å². The number of nitro benzene ring substituents is 1. The van der Waals surface area contributed by atoms with Crippen LogP contribution in [-0.2, 0) is 0 Å². The van der Waals surface area contributed by atoms with Crippen molar-refractivity contribution in [1.29, 1.82) is 0 Å². The summed E-state index contributed by atoms with van der Waals surface area (Å²) in [4.78, 5) is 25.1. The molecule has 7 heteroatoms. The number of nitro groups is 1. The molecule has 0 saturated heterocycles. The average Bonchev–Trinajstić information content (AvgIpc) is 3.00. The van der Waals surface area contributed by atoms with Crippen LogP contribution in [0.15, 0.2) is 35.0 Å². The number of para-hydroxylation sites is 1. The first kappa shape index (κ1) is 17.1. The van der Waals surface area contributed by atoms with Crippen molar-refractivity contribution in [2.45, 2.75) is 13.0 Å². The second-order valence-electron chi connectivity index (χ2n) is 5.47. The number of carbonyl (C=O) groups is 1. The fourth-order valence-electron chi connectivity index (χ4n) is 2.43. The molecule has 0 aliphatic carbocycles. The van der Waals surface area contributed by atoms with Gasteiger partial charge in [-0.3, -0.25) is 14.9 Å². The summed E-state index contributed by atoms with van der Waals surface area (Å²) in [5.41, 5.74) is 1.54. The lowest BCUT2D eigenvalue weighted by molar-refractivity contribution is -0.385. The molecule has 1 heterocycles. The van der Waals surface area contributed by atoms with E-state index in [2.05, 4.69) is 5.32 Å². The molecule has 0 saturated carbocycles. The lowest BCUT2D eigenvalue weighted by Gasteiger charge is -2.24. The van der Waals surface area contributed by atoms with Crippen molar-refractivity contribution in [2.75, 3.05) is 20.6 Å². The number of nitrogens with one attached hydrogen (secondary N) is 1. The van der Waals surface area contributed by atoms with Crippen molar-refractivity contribution < 1.29 is 9.72 Å². The van der Waals surface area contributed by atoms with Gasteiger partial charge in [0, 0.05) is 12.1 Å². The zero-order valence-electron chi connectivity index (χ0n) is 13.3. The maximum atomic E-state index is 12.4. The predicted molar refractivity (Wildman–Crippen MR) is 90.9 cm³/mol. The lowest BCUT2D eigenvalue weighted by atomic mass is 10.1. The van der Waals surface area contributed by atoms with Crippen LogP contribution in [0.3, 0.4) is 0 Å². The van der Waals surface area contributed by atoms with E-state index in [9.17, 15) is 14.9 Å². The Morgan fingerprint density at radius 1 is 1.39 bits per heavy atom. The molecule has 1 amide bonds. The molecule has 0 radical (unpaired) electrons. The minimum Gasteiger partial charge on any atom is -0.350 e. The molecular weight excluding hydrogens is 314 g/mol. The maximum Gasteiger partial charge on any atom is 0.285 e. The van der Waals surface area contributed by atoms with Crippen molar-refractivity contribution in [3.05, 3.63) is 61.8 Å². The Balaban J connectivity index is 2.17. The molecule has 1 N–H and O–H groups in total. The average molecular weight is 333 g/mol. The van der Waals surface area contributed by atoms with Crippen LogP contribution in [0.2, 0.25) is 0 Å². The van der Waals surface area contributed by atoms with Gasteiger partial charge in [-0.15, -0.1) is 0 Å². The minimum atomic E-state index is -0.507. The molecular formula is C16H19N3O3S. The Hall–Kier alpha value is -2.25. The number of rotatable bonds is 6. The summed E-state index contributed by atoms with van der Waals surface area (Å²) in [6.45, 7) is 2.01. The van der Waals surface area contributed by atoms with Gasteiger partial charge in [0.1, 0.15) is 5.56 Å². The number of hydrogen-bond donors (Lipinski definition) is 1. The number of hydrogen-bond acceptors (Lipinski definition) is 5. The standard InChI is InChI=1S/C16H19N3O3S/c1-11-5-4-6-13(15(11)19(21)22)16(20)17-9-14(18(2)3)12-7-8-23-10-12/h4-8,10,14H,9H2,1-3H3,(H,17,20)/t14-/m1/s1. The fraction of sp³-hybridized carbons (Fsp3) is 0.312. The summed E-state index contributed by atoms with van der Waals surface area (Å²) in [6.07, 6.45) is 0. The van der Waals surface area contributed by atoms with Crippen LogP contribution in [0.25, 0.3) is 0 Å². The first-order chi connectivity index (χ1) is 10.9. The Bertz CT molecular complexity index is 699. The highest BCUT2D eigenvalue weighted by Gasteiger charge is 2.23. The van der Waals surface area contributed by atoms with Crippen LogP contribution in [-0.4, -0.2) is 36.4 Å². The highest BCUT2D eigenvalue weighted by Crippen LogP contribution is 2.24. The van der Waals surface area contributed by atoms with Crippen LogP contribution in [0.4, 0.5) is 5.69 Å². The van der Waals surface area contributed by atoms with Gasteiger partial charge in [-0.05, 0) is 49.5 Å². The van der Waals surface area contributed by atoms with Gasteiger partial charge in [0.15, 0.2) is 0 Å². The number of nitrogens with zero attached hydrogens (tertiary/aromatic N) is 2. The Labute approximate surface area is 138 Å². The lowest BCUT2D eigenvalue weighted by Crippen LogP contribution is -2.34. The number of likely N-dealkylation sites (N-methyl/N-ethyl adjacent to an activating group) is 1. The van der Waals surface area contributed by atoms with Crippen LogP contribution in [0, 0.1) is 17.0 Å². The largest absolute Gasteiger partial charge is 0.350 e. The predicted octanol–water partition coefficient (Wildman–Crippen LogP) is 3.00. The zero-order chi connectivity index (χ0) is 17.0. The maximum absolute atomic E-state index is 12.4. The van der Waals surface area contributed by atoms with Crippen molar-refractivity contribution in [3.8, 4) is 0 Å². The zero-order valence-corrected chi connectivity index (χ0v) is 14.1. The molecule has 1 aromatic heterocycles. The van der Waals surface area contributed by atoms with Crippen molar-refractivity contribution >= 4 is 22.9 Å². The van der Waals surface area contributed by atoms with E-state index in [1.807, 2.05) is 35.8 Å². The van der Waals surface area contributed by atoms with E-state index < -0.39 is 10.8 Å². The van der Waals surface area contributed by atoms with Gasteiger partial charge in [0.2, 0.25) is 0 Å². The quantitative estimate of drug-likeness (QED) is 0.651. The van der Waals surface area contributed by atoms with Gasteiger partial charge in [-0.2, -0.15) is 11.3 Å². The van der Waals surface area contributed by atoms with Gasteiger partial charge in [-0.25, -0.2) is 0 Å². The molecule has 6 nitrogen and oxygen atoms in total. The topological polar surface area (TPSA) is 75.5 Å². The summed E-state index contributed by atoms with van der Waals surface area (Å²) in [5.74, 6) is -0.428. The first-order valence-electron chi connectivity index (χ1n) is 7.12. The van der Waals surface area contributed by atoms with Gasteiger partial charge >= 0.3 is 0 Å². The van der Waals surface area contributed by atoms with Crippen molar-refractivity contribution in [3.63, 3.8) is 0 Å². The van der Waals surface area contributed by atoms with E-state index in [0.717, 1.165) is 5.56 Å². The van der Waals surface area contributed by atoms with E-state index in [4.69, 9.17) is 0 Å². The van der Waals surface area contributed by atoms with E-state index in [-0.39, 0.29) is 17.3 Å². The van der Waals surface area contributed by atoms with Crippen LogP contribution in [0.1, 0.15) is 27.5 Å². The van der Waals surface area contributed by atoms with Gasteiger partial charge < -0.3 is 10.2 Å². The molecule has 2 rings (SSSR count). The Morgan fingerprint density at radius 3 is 2.70 bits per heavy atom.